The molecule has 0 radical (unpaired) electrons. The molecule has 274 valence electrons. The molecular formula is C37H46N4O8S2. The number of aromatic hydroxyl groups is 1. The van der Waals surface area contributed by atoms with Gasteiger partial charge in [-0.05, 0) is 73.4 Å². The number of nitrogens with one attached hydrogen (secondary N) is 3. The van der Waals surface area contributed by atoms with Gasteiger partial charge in [0.15, 0.2) is 6.61 Å². The zero-order valence-corrected chi connectivity index (χ0v) is 30.7. The van der Waals surface area contributed by atoms with E-state index in [4.69, 9.17) is 9.84 Å². The van der Waals surface area contributed by atoms with E-state index in [0.29, 0.717) is 29.0 Å². The molecule has 0 fully saturated rings. The Morgan fingerprint density at radius 3 is 2.29 bits per heavy atom. The minimum atomic E-state index is -1.16. The number of carbonyl (C=O) groups is 5. The van der Waals surface area contributed by atoms with Crippen LogP contribution in [0.15, 0.2) is 77.0 Å². The van der Waals surface area contributed by atoms with Gasteiger partial charge in [-0.1, -0.05) is 69.9 Å². The zero-order chi connectivity index (χ0) is 37.0. The normalized spacial score (nSPS) is 17.6. The van der Waals surface area contributed by atoms with Crippen LogP contribution in [0.25, 0.3) is 0 Å². The first-order valence-electron chi connectivity index (χ1n) is 17.1. The fourth-order valence-corrected chi connectivity index (χ4v) is 7.65. The highest BCUT2D eigenvalue weighted by Crippen LogP contribution is 2.43. The van der Waals surface area contributed by atoms with Crippen LogP contribution in [0.4, 0.5) is 5.69 Å². The number of para-hydroxylation sites is 1. The van der Waals surface area contributed by atoms with Gasteiger partial charge in [0, 0.05) is 18.7 Å². The molecule has 2 aromatic rings. The van der Waals surface area contributed by atoms with Crippen molar-refractivity contribution < 1.29 is 38.9 Å². The molecule has 0 saturated heterocycles. The molecule has 0 aromatic heterocycles. The Hall–Kier alpha value is -4.27. The second-order valence-electron chi connectivity index (χ2n) is 12.4. The molecule has 0 bridgehead atoms. The van der Waals surface area contributed by atoms with Crippen LogP contribution in [-0.2, 0) is 28.7 Å². The molecule has 0 unspecified atom stereocenters. The summed E-state index contributed by atoms with van der Waals surface area (Å²) < 4.78 is 9.48. The summed E-state index contributed by atoms with van der Waals surface area (Å²) in [4.78, 5) is 68.4. The topological polar surface area (TPSA) is 174 Å². The lowest BCUT2D eigenvalue weighted by Gasteiger charge is -2.36. The highest BCUT2D eigenvalue weighted by molar-refractivity contribution is 8.01. The third kappa shape index (κ3) is 9.95. The van der Waals surface area contributed by atoms with E-state index in [1.165, 1.54) is 48.0 Å². The Morgan fingerprint density at radius 2 is 1.69 bits per heavy atom. The Kier molecular flexibility index (Phi) is 14.6. The fraction of sp³-hybridized carbons (Fsp3) is 0.432. The number of unbranched alkanes of at least 4 members (excludes halogenated alkanes) is 2. The predicted octanol–water partition coefficient (Wildman–Crippen LogP) is 5.36. The number of benzene rings is 2. The second-order valence-corrected chi connectivity index (χ2v) is 14.2. The molecule has 1 aliphatic carbocycles. The van der Waals surface area contributed by atoms with Crippen molar-refractivity contribution in [3.05, 3.63) is 82.6 Å². The molecule has 14 heteroatoms. The van der Waals surface area contributed by atoms with E-state index in [1.54, 1.807) is 17.2 Å². The van der Waals surface area contributed by atoms with Crippen LogP contribution >= 0.6 is 23.7 Å². The van der Waals surface area contributed by atoms with Gasteiger partial charge in [0.05, 0.1) is 4.91 Å². The molecule has 5 N–H and O–H groups in total. The number of carboxylic acid groups (broad SMARTS) is 1. The SMILES string of the molecule is CCCCC1(CCCC)NSC2=C(C(=O)[C@@H](SC)C(OCC(=O)N[C@@H](C(=O)NCCCC(=O)O)c3ccc(O)cc3)=C2)N(c2ccccc2)C1=O. The van der Waals surface area contributed by atoms with Gasteiger partial charge in [-0.3, -0.25) is 28.9 Å². The number of hydrogen-bond donors (Lipinski definition) is 5. The van der Waals surface area contributed by atoms with Crippen LogP contribution in [0.5, 0.6) is 5.75 Å². The fourth-order valence-electron chi connectivity index (χ4n) is 5.89. The summed E-state index contributed by atoms with van der Waals surface area (Å²) in [6.07, 6.45) is 8.18. The quantitative estimate of drug-likeness (QED) is 0.0984. The molecule has 2 aliphatic rings. The number of Topliss-reactive ketones (excluding diaryl/α,β-unsaturated/α-hetero) is 1. The smallest absolute Gasteiger partial charge is 0.303 e. The summed E-state index contributed by atoms with van der Waals surface area (Å²) in [6.45, 7) is 3.73. The third-order valence-corrected chi connectivity index (χ3v) is 10.6. The number of thioether (sulfide) groups is 1. The summed E-state index contributed by atoms with van der Waals surface area (Å²) >= 11 is 2.45. The number of carbonyl (C=O) groups excluding carboxylic acids is 4. The number of aliphatic carboxylic acids is 1. The number of nitrogens with zero attached hydrogens (tertiary/aromatic N) is 1. The van der Waals surface area contributed by atoms with Gasteiger partial charge in [0.1, 0.15) is 34.0 Å². The van der Waals surface area contributed by atoms with E-state index in [2.05, 4.69) is 29.2 Å². The average Bonchev–Trinajstić information content (AvgIpc) is 3.24. The van der Waals surface area contributed by atoms with Crippen molar-refractivity contribution in [3.8, 4) is 5.75 Å². The van der Waals surface area contributed by atoms with Crippen molar-refractivity contribution in [1.29, 1.82) is 0 Å². The molecule has 1 heterocycles. The standard InChI is InChI=1S/C37H46N4O8S2/c1-4-6-19-37(20-7-5-2)36(48)41(25-12-9-8-10-13-25)32-28(51-40-37)22-27(34(50-3)33(32)46)49-23-29(43)39-31(24-15-17-26(42)18-16-24)35(47)38-21-11-14-30(44)45/h8-10,12-13,15-18,22,31,34,40,42H,4-7,11,14,19-21,23H2,1-3H3,(H,38,47)(H,39,43)(H,44,45)/t31-,34+/m1/s1. The van der Waals surface area contributed by atoms with Crippen LogP contribution in [0.3, 0.4) is 0 Å². The molecule has 1 aliphatic heterocycles. The number of ether oxygens (including phenoxy) is 1. The molecular weight excluding hydrogens is 693 g/mol. The molecule has 2 atom stereocenters. The molecule has 12 nitrogen and oxygen atoms in total. The first-order chi connectivity index (χ1) is 24.5. The molecule has 2 aromatic carbocycles. The predicted molar refractivity (Wildman–Crippen MR) is 199 cm³/mol. The Bertz CT molecular complexity index is 1620. The molecule has 0 saturated carbocycles. The lowest BCUT2D eigenvalue weighted by atomic mass is 9.86. The monoisotopic (exact) mass is 738 g/mol. The number of rotatable bonds is 18. The van der Waals surface area contributed by atoms with Crippen LogP contribution in [0, 0.1) is 0 Å². The van der Waals surface area contributed by atoms with E-state index in [1.807, 2.05) is 30.3 Å². The number of phenolic OH excluding ortho intramolecular Hbond substituents is 1. The van der Waals surface area contributed by atoms with E-state index in [-0.39, 0.29) is 48.3 Å². The zero-order valence-electron chi connectivity index (χ0n) is 29.1. The van der Waals surface area contributed by atoms with E-state index in [0.717, 1.165) is 25.7 Å². The highest BCUT2D eigenvalue weighted by atomic mass is 32.2. The number of carboxylic acids is 1. The van der Waals surface area contributed by atoms with Gasteiger partial charge in [-0.15, -0.1) is 11.8 Å². The summed E-state index contributed by atoms with van der Waals surface area (Å²) in [5.41, 5.74) is 0.317. The van der Waals surface area contributed by atoms with Gasteiger partial charge in [0.25, 0.3) is 11.8 Å². The van der Waals surface area contributed by atoms with Crippen LogP contribution in [0.2, 0.25) is 0 Å². The van der Waals surface area contributed by atoms with Crippen molar-refractivity contribution >= 4 is 58.9 Å². The first kappa shape index (κ1) is 39.5. The van der Waals surface area contributed by atoms with Crippen LogP contribution in [0.1, 0.15) is 76.8 Å². The Labute approximate surface area is 307 Å². The summed E-state index contributed by atoms with van der Waals surface area (Å²) in [6, 6.07) is 13.8. The number of phenols is 1. The maximum Gasteiger partial charge on any atom is 0.303 e. The third-order valence-electron chi connectivity index (χ3n) is 8.62. The lowest BCUT2D eigenvalue weighted by Crippen LogP contribution is -2.55. The van der Waals surface area contributed by atoms with Crippen molar-refractivity contribution in [2.45, 2.75) is 82.0 Å². The molecule has 0 spiro atoms. The van der Waals surface area contributed by atoms with Crippen molar-refractivity contribution in [3.63, 3.8) is 0 Å². The number of allylic oxidation sites excluding steroid dienone is 2. The average molecular weight is 739 g/mol. The van der Waals surface area contributed by atoms with Gasteiger partial charge < -0.3 is 25.6 Å². The number of hydrogen-bond acceptors (Lipinski definition) is 10. The highest BCUT2D eigenvalue weighted by Gasteiger charge is 2.48. The Balaban J connectivity index is 1.61. The number of anilines is 1. The minimum absolute atomic E-state index is 0.0221. The number of amides is 3. The van der Waals surface area contributed by atoms with Crippen molar-refractivity contribution in [1.82, 2.24) is 15.4 Å². The molecule has 4 rings (SSSR count). The summed E-state index contributed by atoms with van der Waals surface area (Å²) in [5, 5.41) is 23.1. The summed E-state index contributed by atoms with van der Waals surface area (Å²) in [7, 11) is 0. The van der Waals surface area contributed by atoms with E-state index < -0.39 is 41.2 Å². The van der Waals surface area contributed by atoms with E-state index >= 15 is 0 Å². The van der Waals surface area contributed by atoms with Crippen molar-refractivity contribution in [2.75, 3.05) is 24.3 Å². The first-order valence-corrected chi connectivity index (χ1v) is 19.2. The Morgan fingerprint density at radius 1 is 1.02 bits per heavy atom. The maximum absolute atomic E-state index is 14.7. The van der Waals surface area contributed by atoms with E-state index in [9.17, 15) is 29.1 Å². The van der Waals surface area contributed by atoms with Gasteiger partial charge in [-0.2, -0.15) is 0 Å². The second kappa shape index (κ2) is 18.8. The number of ketones is 1. The van der Waals surface area contributed by atoms with Gasteiger partial charge >= 0.3 is 5.97 Å². The lowest BCUT2D eigenvalue weighted by molar-refractivity contribution is -0.137. The molecule has 51 heavy (non-hydrogen) atoms. The van der Waals surface area contributed by atoms with Gasteiger partial charge in [-0.25, -0.2) is 4.72 Å². The van der Waals surface area contributed by atoms with Crippen molar-refractivity contribution in [2.24, 2.45) is 0 Å². The van der Waals surface area contributed by atoms with Crippen LogP contribution in [-0.4, -0.2) is 69.9 Å². The molecule has 3 amide bonds. The largest absolute Gasteiger partial charge is 0.508 e. The maximum atomic E-state index is 14.7. The summed E-state index contributed by atoms with van der Waals surface area (Å²) in [5.74, 6) is -2.49. The minimum Gasteiger partial charge on any atom is -0.508 e. The van der Waals surface area contributed by atoms with Crippen LogP contribution < -0.4 is 20.3 Å². The van der Waals surface area contributed by atoms with Gasteiger partial charge in [0.2, 0.25) is 11.7 Å².